The van der Waals surface area contributed by atoms with Crippen LogP contribution in [0.1, 0.15) is 35.6 Å². The topological polar surface area (TPSA) is 96.8 Å². The summed E-state index contributed by atoms with van der Waals surface area (Å²) in [5.41, 5.74) is 2.40. The van der Waals surface area contributed by atoms with Crippen LogP contribution >= 0.6 is 0 Å². The zero-order chi connectivity index (χ0) is 18.0. The number of aromatic nitrogens is 4. The molecule has 0 aliphatic carbocycles. The van der Waals surface area contributed by atoms with Crippen LogP contribution < -0.4 is 5.69 Å². The third kappa shape index (κ3) is 3.60. The van der Waals surface area contributed by atoms with E-state index in [2.05, 4.69) is 10.1 Å². The first-order valence-electron chi connectivity index (χ1n) is 8.27. The molecule has 0 fully saturated rings. The minimum atomic E-state index is -0.321. The van der Waals surface area contributed by atoms with Crippen LogP contribution in [0.5, 0.6) is 0 Å². The Kier molecular flexibility index (Phi) is 4.65. The minimum Gasteiger partial charge on any atom is -0.337 e. The Hall–Kier alpha value is -2.95. The predicted molar refractivity (Wildman–Crippen MR) is 89.6 cm³/mol. The van der Waals surface area contributed by atoms with Crippen molar-refractivity contribution in [2.75, 3.05) is 6.54 Å². The van der Waals surface area contributed by atoms with Crippen molar-refractivity contribution in [2.45, 2.75) is 46.3 Å². The first-order valence-corrected chi connectivity index (χ1v) is 8.27. The second-order valence-electron chi connectivity index (χ2n) is 6.25. The van der Waals surface area contributed by atoms with Crippen molar-refractivity contribution >= 4 is 5.91 Å². The zero-order valence-electron chi connectivity index (χ0n) is 14.4. The fraction of sp³-hybridized carbons (Fsp3) is 0.471. The van der Waals surface area contributed by atoms with Crippen LogP contribution in [0.2, 0.25) is 0 Å². The fourth-order valence-corrected chi connectivity index (χ4v) is 3.14. The normalized spacial score (nSPS) is 13.9. The maximum atomic E-state index is 12.6. The molecule has 8 heteroatoms. The number of hydrogen-bond donors (Lipinski definition) is 0. The lowest BCUT2D eigenvalue weighted by Gasteiger charge is -2.20. The van der Waals surface area contributed by atoms with Gasteiger partial charge in [-0.25, -0.2) is 4.79 Å². The van der Waals surface area contributed by atoms with Crippen molar-refractivity contribution in [3.8, 4) is 6.07 Å². The molecule has 0 N–H and O–H groups in total. The van der Waals surface area contributed by atoms with Gasteiger partial charge in [-0.3, -0.25) is 14.0 Å². The third-order valence-electron chi connectivity index (χ3n) is 4.38. The lowest BCUT2D eigenvalue weighted by atomic mass is 10.2. The molecule has 25 heavy (non-hydrogen) atoms. The Morgan fingerprint density at radius 1 is 1.32 bits per heavy atom. The van der Waals surface area contributed by atoms with Crippen molar-refractivity contribution in [1.82, 2.24) is 24.2 Å². The fourth-order valence-electron chi connectivity index (χ4n) is 3.14. The highest BCUT2D eigenvalue weighted by molar-refractivity contribution is 5.76. The highest BCUT2D eigenvalue weighted by atomic mass is 16.2. The van der Waals surface area contributed by atoms with Gasteiger partial charge in [0.25, 0.3) is 0 Å². The predicted octanol–water partition coefficient (Wildman–Crippen LogP) is 0.751. The van der Waals surface area contributed by atoms with Gasteiger partial charge < -0.3 is 4.90 Å². The van der Waals surface area contributed by atoms with Gasteiger partial charge in [0.2, 0.25) is 5.91 Å². The maximum absolute atomic E-state index is 12.6. The molecule has 130 valence electrons. The van der Waals surface area contributed by atoms with Gasteiger partial charge in [0.05, 0.1) is 12.2 Å². The van der Waals surface area contributed by atoms with E-state index in [1.54, 1.807) is 22.6 Å². The number of nitriles is 1. The molecule has 0 unspecified atom stereocenters. The number of amides is 1. The Morgan fingerprint density at radius 3 is 2.84 bits per heavy atom. The largest absolute Gasteiger partial charge is 0.347 e. The lowest BCUT2D eigenvalue weighted by molar-refractivity contribution is -0.132. The average Bonchev–Trinajstić information content (AvgIpc) is 2.84. The van der Waals surface area contributed by atoms with E-state index in [9.17, 15) is 9.59 Å². The molecule has 0 aromatic carbocycles. The second kappa shape index (κ2) is 6.89. The number of carbonyl (C=O) groups is 1. The van der Waals surface area contributed by atoms with Crippen LogP contribution in [0.15, 0.2) is 16.9 Å². The molecule has 1 aliphatic rings. The zero-order valence-corrected chi connectivity index (χ0v) is 14.4. The lowest BCUT2D eigenvalue weighted by Crippen LogP contribution is -2.33. The van der Waals surface area contributed by atoms with Crippen LogP contribution in [0, 0.1) is 25.2 Å². The molecule has 3 rings (SSSR count). The Bertz CT molecular complexity index is 905. The summed E-state index contributed by atoms with van der Waals surface area (Å²) in [6.45, 7) is 5.71. The molecule has 0 saturated carbocycles. The van der Waals surface area contributed by atoms with E-state index < -0.39 is 0 Å². The van der Waals surface area contributed by atoms with E-state index in [-0.39, 0.29) is 18.0 Å². The molecule has 1 aliphatic heterocycles. The van der Waals surface area contributed by atoms with Crippen LogP contribution in [0.25, 0.3) is 0 Å². The van der Waals surface area contributed by atoms with Crippen LogP contribution in [0.4, 0.5) is 0 Å². The summed E-state index contributed by atoms with van der Waals surface area (Å²) in [7, 11) is 0. The summed E-state index contributed by atoms with van der Waals surface area (Å²) in [6.07, 6.45) is 1.03. The van der Waals surface area contributed by atoms with Crippen molar-refractivity contribution in [3.05, 3.63) is 45.4 Å². The molecular formula is C17H20N6O2. The Morgan fingerprint density at radius 2 is 2.12 bits per heavy atom. The molecule has 1 amide bonds. The van der Waals surface area contributed by atoms with Crippen LogP contribution in [-0.4, -0.2) is 36.7 Å². The summed E-state index contributed by atoms with van der Waals surface area (Å²) in [4.78, 5) is 30.3. The average molecular weight is 340 g/mol. The van der Waals surface area contributed by atoms with Gasteiger partial charge in [-0.1, -0.05) is 0 Å². The van der Waals surface area contributed by atoms with Crippen molar-refractivity contribution < 1.29 is 4.79 Å². The quantitative estimate of drug-likeness (QED) is 0.821. The van der Waals surface area contributed by atoms with Crippen molar-refractivity contribution in [1.29, 1.82) is 5.26 Å². The number of aryl methyl sites for hydroxylation is 3. The molecule has 2 aromatic rings. The summed E-state index contributed by atoms with van der Waals surface area (Å²) in [5, 5.41) is 13.2. The molecular weight excluding hydrogens is 320 g/mol. The molecule has 0 saturated heterocycles. The highest BCUT2D eigenvalue weighted by Gasteiger charge is 2.20. The van der Waals surface area contributed by atoms with Gasteiger partial charge in [0.1, 0.15) is 6.07 Å². The monoisotopic (exact) mass is 340 g/mol. The van der Waals surface area contributed by atoms with Gasteiger partial charge in [-0.2, -0.15) is 15.3 Å². The van der Waals surface area contributed by atoms with Gasteiger partial charge in [-0.15, -0.1) is 0 Å². The van der Waals surface area contributed by atoms with Crippen molar-refractivity contribution in [2.24, 2.45) is 0 Å². The van der Waals surface area contributed by atoms with E-state index >= 15 is 0 Å². The Balaban J connectivity index is 1.69. The molecule has 0 atom stereocenters. The number of carbonyl (C=O) groups excluding carboxylic acids is 1. The standard InChI is InChI=1S/C17H20N6O2/c1-12-8-13(2)22(17(25)19-12)7-4-16(24)21-5-3-6-23-15(11-21)9-14(10-18)20-23/h8-9H,3-7,11H2,1-2H3. The smallest absolute Gasteiger partial charge is 0.337 e. The molecule has 8 nitrogen and oxygen atoms in total. The molecule has 2 aromatic heterocycles. The van der Waals surface area contributed by atoms with Gasteiger partial charge in [-0.05, 0) is 32.4 Å². The SMILES string of the molecule is Cc1cc(C)n(CCC(=O)N2CCCn3nc(C#N)cc3C2)c(=O)n1. The van der Waals surface area contributed by atoms with E-state index in [0.717, 1.165) is 17.8 Å². The van der Waals surface area contributed by atoms with Gasteiger partial charge in [0.15, 0.2) is 5.69 Å². The Labute approximate surface area is 145 Å². The van der Waals surface area contributed by atoms with Gasteiger partial charge in [0, 0.05) is 37.4 Å². The van der Waals surface area contributed by atoms with E-state index in [1.807, 2.05) is 19.1 Å². The number of hydrogen-bond acceptors (Lipinski definition) is 5. The molecule has 0 spiro atoms. The first-order chi connectivity index (χ1) is 12.0. The molecule has 0 radical (unpaired) electrons. The molecule has 0 bridgehead atoms. The van der Waals surface area contributed by atoms with Crippen molar-refractivity contribution in [3.63, 3.8) is 0 Å². The highest BCUT2D eigenvalue weighted by Crippen LogP contribution is 2.14. The summed E-state index contributed by atoms with van der Waals surface area (Å²) < 4.78 is 3.32. The van der Waals surface area contributed by atoms with Gasteiger partial charge >= 0.3 is 5.69 Å². The summed E-state index contributed by atoms with van der Waals surface area (Å²) in [5.74, 6) is -0.0139. The molecule has 3 heterocycles. The first kappa shape index (κ1) is 16.9. The van der Waals surface area contributed by atoms with E-state index in [1.165, 1.54) is 4.57 Å². The maximum Gasteiger partial charge on any atom is 0.347 e. The van der Waals surface area contributed by atoms with Crippen LogP contribution in [-0.2, 0) is 24.4 Å². The third-order valence-corrected chi connectivity index (χ3v) is 4.38. The number of fused-ring (bicyclic) bond motifs is 1. The van der Waals surface area contributed by atoms with E-state index in [0.29, 0.717) is 37.6 Å². The minimum absolute atomic E-state index is 0.0139. The van der Waals surface area contributed by atoms with Crippen LogP contribution in [0.3, 0.4) is 0 Å². The second-order valence-corrected chi connectivity index (χ2v) is 6.25. The summed E-state index contributed by atoms with van der Waals surface area (Å²) in [6, 6.07) is 5.59. The van der Waals surface area contributed by atoms with E-state index in [4.69, 9.17) is 5.26 Å². The number of nitrogens with zero attached hydrogens (tertiary/aromatic N) is 6. The summed E-state index contributed by atoms with van der Waals surface area (Å²) >= 11 is 0. The number of rotatable bonds is 3.